The molecule has 2 rings (SSSR count). The van der Waals surface area contributed by atoms with E-state index in [0.29, 0.717) is 18.7 Å². The lowest BCUT2D eigenvalue weighted by molar-refractivity contribution is 0.0954. The molecule has 0 bridgehead atoms. The van der Waals surface area contributed by atoms with Gasteiger partial charge in [-0.25, -0.2) is 0 Å². The minimum atomic E-state index is -0.0775. The molecule has 2 N–H and O–H groups in total. The highest BCUT2D eigenvalue weighted by Gasteiger charge is 2.16. The Morgan fingerprint density at radius 2 is 2.05 bits per heavy atom. The van der Waals surface area contributed by atoms with Crippen LogP contribution in [-0.2, 0) is 7.05 Å². The molecule has 2 aromatic heterocycles. The smallest absolute Gasteiger partial charge is 0.255 e. The second kappa shape index (κ2) is 6.39. The number of rotatable bonds is 5. The van der Waals surface area contributed by atoms with E-state index in [9.17, 15) is 4.79 Å². The highest BCUT2D eigenvalue weighted by Crippen LogP contribution is 2.12. The third kappa shape index (κ3) is 3.39. The first-order valence-corrected chi connectivity index (χ1v) is 6.93. The summed E-state index contributed by atoms with van der Waals surface area (Å²) in [6.07, 6.45) is 3.56. The van der Waals surface area contributed by atoms with Gasteiger partial charge in [0.1, 0.15) is 0 Å². The molecule has 6 heteroatoms. The van der Waals surface area contributed by atoms with Crippen LogP contribution in [0.1, 0.15) is 27.3 Å². The van der Waals surface area contributed by atoms with E-state index in [4.69, 9.17) is 0 Å². The van der Waals surface area contributed by atoms with Gasteiger partial charge in [0, 0.05) is 43.9 Å². The van der Waals surface area contributed by atoms with Crippen LogP contribution in [0, 0.1) is 20.8 Å². The summed E-state index contributed by atoms with van der Waals surface area (Å²) in [5.74, 6) is -0.0775. The maximum atomic E-state index is 12.2. The van der Waals surface area contributed by atoms with Crippen molar-refractivity contribution < 1.29 is 4.79 Å². The number of pyridine rings is 1. The third-order valence-electron chi connectivity index (χ3n) is 3.48. The molecule has 0 saturated carbocycles. The standard InChI is InChI=1S/C15H21N5O/c1-10-9-16-6-5-13(10)17-7-8-18-15(21)14-11(2)19-20(4)12(14)3/h5-6,9H,7-8H2,1-4H3,(H,16,17)(H,18,21). The Morgan fingerprint density at radius 1 is 1.29 bits per heavy atom. The molecule has 0 unspecified atom stereocenters. The first kappa shape index (κ1) is 15.0. The topological polar surface area (TPSA) is 71.8 Å². The Kier molecular flexibility index (Phi) is 4.57. The molecule has 0 aliphatic rings. The molecule has 6 nitrogen and oxygen atoms in total. The Labute approximate surface area is 124 Å². The first-order valence-electron chi connectivity index (χ1n) is 6.93. The van der Waals surface area contributed by atoms with E-state index in [2.05, 4.69) is 20.7 Å². The SMILES string of the molecule is Cc1cnccc1NCCNC(=O)c1c(C)nn(C)c1C. The summed E-state index contributed by atoms with van der Waals surface area (Å²) >= 11 is 0. The Morgan fingerprint density at radius 3 is 2.67 bits per heavy atom. The zero-order valence-corrected chi connectivity index (χ0v) is 12.9. The minimum Gasteiger partial charge on any atom is -0.383 e. The fourth-order valence-electron chi connectivity index (χ4n) is 2.24. The van der Waals surface area contributed by atoms with E-state index < -0.39 is 0 Å². The maximum Gasteiger partial charge on any atom is 0.255 e. The van der Waals surface area contributed by atoms with Crippen molar-refractivity contribution in [3.05, 3.63) is 41.0 Å². The lowest BCUT2D eigenvalue weighted by atomic mass is 10.2. The van der Waals surface area contributed by atoms with Gasteiger partial charge in [0.15, 0.2) is 0 Å². The van der Waals surface area contributed by atoms with E-state index in [-0.39, 0.29) is 5.91 Å². The lowest BCUT2D eigenvalue weighted by Gasteiger charge is -2.10. The Balaban J connectivity index is 1.86. The quantitative estimate of drug-likeness (QED) is 0.819. The number of nitrogens with one attached hydrogen (secondary N) is 2. The minimum absolute atomic E-state index is 0.0775. The van der Waals surface area contributed by atoms with Crippen LogP contribution in [0.3, 0.4) is 0 Å². The summed E-state index contributed by atoms with van der Waals surface area (Å²) in [6, 6.07) is 1.92. The van der Waals surface area contributed by atoms with Crippen molar-refractivity contribution in [1.29, 1.82) is 0 Å². The highest BCUT2D eigenvalue weighted by atomic mass is 16.1. The number of aromatic nitrogens is 3. The van der Waals surface area contributed by atoms with Gasteiger partial charge in [0.2, 0.25) is 0 Å². The van der Waals surface area contributed by atoms with Gasteiger partial charge in [0.25, 0.3) is 5.91 Å². The predicted octanol–water partition coefficient (Wildman–Crippen LogP) is 1.58. The predicted molar refractivity (Wildman–Crippen MR) is 82.5 cm³/mol. The molecule has 0 saturated heterocycles. The van der Waals surface area contributed by atoms with Gasteiger partial charge in [-0.2, -0.15) is 5.10 Å². The van der Waals surface area contributed by atoms with Gasteiger partial charge in [-0.05, 0) is 32.4 Å². The number of hydrogen-bond acceptors (Lipinski definition) is 4. The molecular weight excluding hydrogens is 266 g/mol. The summed E-state index contributed by atoms with van der Waals surface area (Å²) in [4.78, 5) is 16.2. The van der Waals surface area contributed by atoms with Crippen LogP contribution in [0.2, 0.25) is 0 Å². The highest BCUT2D eigenvalue weighted by molar-refractivity contribution is 5.96. The molecule has 0 atom stereocenters. The average Bonchev–Trinajstić information content (AvgIpc) is 2.70. The van der Waals surface area contributed by atoms with E-state index in [1.54, 1.807) is 10.9 Å². The van der Waals surface area contributed by atoms with Gasteiger partial charge in [0.05, 0.1) is 11.3 Å². The second-order valence-electron chi connectivity index (χ2n) is 5.04. The number of carbonyl (C=O) groups excluding carboxylic acids is 1. The van der Waals surface area contributed by atoms with Gasteiger partial charge in [-0.15, -0.1) is 0 Å². The van der Waals surface area contributed by atoms with Crippen molar-refractivity contribution >= 4 is 11.6 Å². The molecule has 112 valence electrons. The van der Waals surface area contributed by atoms with E-state index in [0.717, 1.165) is 22.6 Å². The van der Waals surface area contributed by atoms with E-state index >= 15 is 0 Å². The maximum absolute atomic E-state index is 12.2. The monoisotopic (exact) mass is 287 g/mol. The van der Waals surface area contributed by atoms with Crippen molar-refractivity contribution in [3.8, 4) is 0 Å². The number of nitrogens with zero attached hydrogens (tertiary/aromatic N) is 3. The summed E-state index contributed by atoms with van der Waals surface area (Å²) in [5, 5.41) is 10.4. The van der Waals surface area contributed by atoms with E-state index in [1.165, 1.54) is 0 Å². The number of amides is 1. The molecule has 21 heavy (non-hydrogen) atoms. The van der Waals surface area contributed by atoms with Gasteiger partial charge < -0.3 is 10.6 Å². The zero-order valence-electron chi connectivity index (χ0n) is 12.9. The summed E-state index contributed by atoms with van der Waals surface area (Å²) < 4.78 is 1.73. The van der Waals surface area contributed by atoms with Gasteiger partial charge >= 0.3 is 0 Å². The molecule has 0 spiro atoms. The lowest BCUT2D eigenvalue weighted by Crippen LogP contribution is -2.29. The zero-order chi connectivity index (χ0) is 15.4. The van der Waals surface area contributed by atoms with Gasteiger partial charge in [-0.3, -0.25) is 14.5 Å². The van der Waals surface area contributed by atoms with Crippen molar-refractivity contribution in [2.45, 2.75) is 20.8 Å². The van der Waals surface area contributed by atoms with Crippen LogP contribution >= 0.6 is 0 Å². The van der Waals surface area contributed by atoms with Crippen LogP contribution in [0.5, 0.6) is 0 Å². The summed E-state index contributed by atoms with van der Waals surface area (Å²) in [6.45, 7) is 6.95. The number of aryl methyl sites for hydroxylation is 3. The summed E-state index contributed by atoms with van der Waals surface area (Å²) in [7, 11) is 1.84. The molecule has 0 aliphatic carbocycles. The molecule has 2 heterocycles. The molecule has 0 radical (unpaired) electrons. The van der Waals surface area contributed by atoms with Crippen LogP contribution in [0.4, 0.5) is 5.69 Å². The number of hydrogen-bond donors (Lipinski definition) is 2. The molecule has 0 aliphatic heterocycles. The van der Waals surface area contributed by atoms with E-state index in [1.807, 2.05) is 40.1 Å². The largest absolute Gasteiger partial charge is 0.383 e. The van der Waals surface area contributed by atoms with Crippen LogP contribution < -0.4 is 10.6 Å². The Bertz CT molecular complexity index is 648. The molecule has 0 aromatic carbocycles. The fraction of sp³-hybridized carbons (Fsp3) is 0.400. The van der Waals surface area contributed by atoms with Crippen molar-refractivity contribution in [3.63, 3.8) is 0 Å². The number of carbonyl (C=O) groups is 1. The Hall–Kier alpha value is -2.37. The van der Waals surface area contributed by atoms with Crippen molar-refractivity contribution in [2.24, 2.45) is 7.05 Å². The van der Waals surface area contributed by atoms with Crippen molar-refractivity contribution in [1.82, 2.24) is 20.1 Å². The van der Waals surface area contributed by atoms with Crippen LogP contribution in [0.15, 0.2) is 18.5 Å². The summed E-state index contributed by atoms with van der Waals surface area (Å²) in [5.41, 5.74) is 4.42. The molecule has 2 aromatic rings. The van der Waals surface area contributed by atoms with Gasteiger partial charge in [-0.1, -0.05) is 0 Å². The normalized spacial score (nSPS) is 10.5. The van der Waals surface area contributed by atoms with Crippen LogP contribution in [0.25, 0.3) is 0 Å². The molecule has 1 amide bonds. The second-order valence-corrected chi connectivity index (χ2v) is 5.04. The molecular formula is C15H21N5O. The average molecular weight is 287 g/mol. The number of anilines is 1. The van der Waals surface area contributed by atoms with Crippen molar-refractivity contribution in [2.75, 3.05) is 18.4 Å². The van der Waals surface area contributed by atoms with Crippen LogP contribution in [-0.4, -0.2) is 33.8 Å². The molecule has 0 fully saturated rings. The third-order valence-corrected chi connectivity index (χ3v) is 3.48. The fourth-order valence-corrected chi connectivity index (χ4v) is 2.24. The first-order chi connectivity index (χ1) is 10.0.